The fourth-order valence-corrected chi connectivity index (χ4v) is 5.11. The van der Waals surface area contributed by atoms with E-state index in [1.165, 1.54) is 57.8 Å². The minimum atomic E-state index is -4.71. The van der Waals surface area contributed by atoms with Crippen LogP contribution in [0.3, 0.4) is 0 Å². The summed E-state index contributed by atoms with van der Waals surface area (Å²) in [5.74, 6) is -2.57. The van der Waals surface area contributed by atoms with Gasteiger partial charge in [0.05, 0.1) is 13.2 Å². The Morgan fingerprint density at radius 3 is 1.72 bits per heavy atom. The largest absolute Gasteiger partial charge is 0.480 e. The minimum Gasteiger partial charge on any atom is -0.480 e. The Balaban J connectivity index is 3.77. The number of carbonyl (C=O) groups excluding carboxylic acids is 2. The average Bonchev–Trinajstić information content (AvgIpc) is 3.01. The molecule has 0 aliphatic carbocycles. The topological polar surface area (TPSA) is 169 Å². The van der Waals surface area contributed by atoms with E-state index in [0.29, 0.717) is 6.42 Å². The molecule has 3 atom stereocenters. The van der Waals surface area contributed by atoms with Crippen molar-refractivity contribution in [3.05, 3.63) is 36.5 Å². The molecule has 0 aliphatic heterocycles. The summed E-state index contributed by atoms with van der Waals surface area (Å²) < 4.78 is 25.7. The van der Waals surface area contributed by atoms with Crippen molar-refractivity contribution in [2.75, 3.05) is 19.8 Å². The smallest absolute Gasteiger partial charge is 0.472 e. The van der Waals surface area contributed by atoms with E-state index in [4.69, 9.17) is 0 Å². The quantitative estimate of drug-likeness (QED) is 0.0253. The van der Waals surface area contributed by atoms with Crippen LogP contribution in [0.5, 0.6) is 0 Å². The number of phosphoric acid groups is 1. The molecule has 0 aromatic rings. The van der Waals surface area contributed by atoms with Gasteiger partial charge in [-0.05, 0) is 44.9 Å². The summed E-state index contributed by atoms with van der Waals surface area (Å²) in [6, 6.07) is -1.54. The Hall–Kier alpha value is -2.30. The molecule has 11 nitrogen and oxygen atoms in total. The number of carbonyl (C=O) groups is 3. The van der Waals surface area contributed by atoms with Crippen LogP contribution in [0.25, 0.3) is 0 Å². The minimum absolute atomic E-state index is 0.140. The number of nitrogens with one attached hydrogen (secondary N) is 1. The van der Waals surface area contributed by atoms with Gasteiger partial charge in [0.1, 0.15) is 12.7 Å². The summed E-state index contributed by atoms with van der Waals surface area (Å²) in [4.78, 5) is 44.0. The van der Waals surface area contributed by atoms with Gasteiger partial charge in [-0.1, -0.05) is 108 Å². The predicted molar refractivity (Wildman–Crippen MR) is 180 cm³/mol. The molecule has 0 spiro atoms. The van der Waals surface area contributed by atoms with Gasteiger partial charge in [0.15, 0.2) is 6.04 Å². The molecule has 4 N–H and O–H groups in total. The first-order valence-corrected chi connectivity index (χ1v) is 18.5. The normalized spacial score (nSPS) is 14.5. The lowest BCUT2D eigenvalue weighted by Crippen LogP contribution is -2.43. The van der Waals surface area contributed by atoms with Crippen LogP contribution in [0.1, 0.15) is 129 Å². The number of carboxylic acids is 1. The maximum atomic E-state index is 12.2. The summed E-state index contributed by atoms with van der Waals surface area (Å²) in [6.07, 6.45) is 31.5. The summed E-state index contributed by atoms with van der Waals surface area (Å²) in [6.45, 7) is 1.43. The molecule has 266 valence electrons. The number of hydrogen-bond acceptors (Lipinski definition) is 8. The van der Waals surface area contributed by atoms with Crippen LogP contribution >= 0.6 is 7.82 Å². The zero-order valence-corrected chi connectivity index (χ0v) is 29.0. The highest BCUT2D eigenvalue weighted by Crippen LogP contribution is 2.43. The Morgan fingerprint density at radius 2 is 1.20 bits per heavy atom. The van der Waals surface area contributed by atoms with Crippen LogP contribution < -0.4 is 5.32 Å². The number of unbranched alkanes of at least 4 members (excludes halogenated alkanes) is 13. The summed E-state index contributed by atoms with van der Waals surface area (Å²) in [7, 11) is -4.71. The molecule has 0 saturated heterocycles. The SMILES string of the molecule is CCCCC/C=C\C/C=C\C/C=C\CCCCCCCCCCCCC(=O)NC(COP(=O)(O)OCC(O)COC(C)=O)C(=O)O. The highest BCUT2D eigenvalue weighted by molar-refractivity contribution is 7.47. The van der Waals surface area contributed by atoms with Crippen LogP contribution in [0, 0.1) is 0 Å². The molecule has 0 rings (SSSR count). The first-order valence-electron chi connectivity index (χ1n) is 17.0. The van der Waals surface area contributed by atoms with Crippen molar-refractivity contribution >= 4 is 25.7 Å². The number of allylic oxidation sites excluding steroid dienone is 6. The van der Waals surface area contributed by atoms with Crippen LogP contribution in [0.2, 0.25) is 0 Å². The van der Waals surface area contributed by atoms with Crippen molar-refractivity contribution in [2.24, 2.45) is 0 Å². The second-order valence-electron chi connectivity index (χ2n) is 11.4. The van der Waals surface area contributed by atoms with Gasteiger partial charge in [-0.25, -0.2) is 9.36 Å². The summed E-state index contributed by atoms with van der Waals surface area (Å²) in [5, 5.41) is 21.2. The Bertz CT molecular complexity index is 937. The number of esters is 1. The lowest BCUT2D eigenvalue weighted by molar-refractivity contribution is -0.144. The zero-order valence-electron chi connectivity index (χ0n) is 28.1. The van der Waals surface area contributed by atoms with E-state index in [2.05, 4.69) is 62.5 Å². The van der Waals surface area contributed by atoms with Gasteiger partial charge in [0.2, 0.25) is 5.91 Å². The monoisotopic (exact) mass is 673 g/mol. The Morgan fingerprint density at radius 1 is 0.717 bits per heavy atom. The zero-order chi connectivity index (χ0) is 34.3. The molecule has 0 heterocycles. The van der Waals surface area contributed by atoms with Crippen molar-refractivity contribution in [3.8, 4) is 0 Å². The van der Waals surface area contributed by atoms with Crippen molar-refractivity contribution in [1.82, 2.24) is 5.32 Å². The lowest BCUT2D eigenvalue weighted by Gasteiger charge is -2.18. The predicted octanol–water partition coefficient (Wildman–Crippen LogP) is 7.32. The van der Waals surface area contributed by atoms with Gasteiger partial charge >= 0.3 is 19.8 Å². The van der Waals surface area contributed by atoms with Crippen LogP contribution in [0.4, 0.5) is 0 Å². The van der Waals surface area contributed by atoms with Gasteiger partial charge in [-0.15, -0.1) is 0 Å². The van der Waals surface area contributed by atoms with Gasteiger partial charge in [-0.2, -0.15) is 0 Å². The molecule has 0 aromatic carbocycles. The number of phosphoric ester groups is 1. The van der Waals surface area contributed by atoms with Gasteiger partial charge in [0.25, 0.3) is 0 Å². The Kier molecular flexibility index (Phi) is 28.6. The van der Waals surface area contributed by atoms with Gasteiger partial charge in [0, 0.05) is 13.3 Å². The maximum Gasteiger partial charge on any atom is 0.472 e. The summed E-state index contributed by atoms with van der Waals surface area (Å²) >= 11 is 0. The third-order valence-electron chi connectivity index (χ3n) is 6.99. The third kappa shape index (κ3) is 30.4. The maximum absolute atomic E-state index is 12.2. The van der Waals surface area contributed by atoms with Crippen molar-refractivity contribution in [3.63, 3.8) is 0 Å². The molecule has 0 bridgehead atoms. The second kappa shape index (κ2) is 30.1. The van der Waals surface area contributed by atoms with Crippen LogP contribution in [-0.2, 0) is 32.7 Å². The first-order chi connectivity index (χ1) is 22.1. The molecule has 46 heavy (non-hydrogen) atoms. The number of hydrogen-bond donors (Lipinski definition) is 4. The number of ether oxygens (including phenoxy) is 1. The standard InChI is InChI=1S/C34H60NO10P/c1-3-4-5-6-7-8-9-10-11-12-13-14-15-16-17-18-19-20-21-22-23-24-25-26-33(38)35-32(34(39)40)29-45-46(41,42)44-28-31(37)27-43-30(2)36/h7-8,10-11,13-14,31-32,37H,3-6,9,12,15-29H2,1-2H3,(H,35,38)(H,39,40)(H,41,42)/b8-7-,11-10-,14-13-. The van der Waals surface area contributed by atoms with E-state index in [9.17, 15) is 34.1 Å². The molecular weight excluding hydrogens is 613 g/mol. The molecule has 1 amide bonds. The van der Waals surface area contributed by atoms with Gasteiger partial charge in [-0.3, -0.25) is 18.6 Å². The van der Waals surface area contributed by atoms with Crippen LogP contribution in [0.15, 0.2) is 36.5 Å². The first kappa shape index (κ1) is 43.7. The van der Waals surface area contributed by atoms with Crippen LogP contribution in [-0.4, -0.2) is 64.9 Å². The van der Waals surface area contributed by atoms with Crippen molar-refractivity contribution in [2.45, 2.75) is 142 Å². The van der Waals surface area contributed by atoms with E-state index < -0.39 is 57.6 Å². The highest BCUT2D eigenvalue weighted by atomic mass is 31.2. The van der Waals surface area contributed by atoms with E-state index in [-0.39, 0.29) is 6.42 Å². The number of aliphatic hydroxyl groups excluding tert-OH is 1. The molecule has 0 aromatic heterocycles. The molecule has 3 unspecified atom stereocenters. The number of aliphatic carboxylic acids is 1. The number of aliphatic hydroxyl groups is 1. The summed E-state index contributed by atoms with van der Waals surface area (Å²) in [5.41, 5.74) is 0. The molecule has 12 heteroatoms. The van der Waals surface area contributed by atoms with E-state index >= 15 is 0 Å². The molecule has 0 radical (unpaired) electrons. The molecular formula is C34H60NO10P. The highest BCUT2D eigenvalue weighted by Gasteiger charge is 2.28. The number of carboxylic acid groups (broad SMARTS) is 1. The van der Waals surface area contributed by atoms with Crippen molar-refractivity contribution in [1.29, 1.82) is 0 Å². The average molecular weight is 674 g/mol. The van der Waals surface area contributed by atoms with Gasteiger partial charge < -0.3 is 25.2 Å². The Labute approximate surface area is 276 Å². The number of amides is 1. The fourth-order valence-electron chi connectivity index (χ4n) is 4.34. The molecule has 0 fully saturated rings. The second-order valence-corrected chi connectivity index (χ2v) is 12.9. The van der Waals surface area contributed by atoms with E-state index in [1.54, 1.807) is 0 Å². The lowest BCUT2D eigenvalue weighted by atomic mass is 10.0. The van der Waals surface area contributed by atoms with E-state index in [1.807, 2.05) is 0 Å². The third-order valence-corrected chi connectivity index (χ3v) is 7.94. The molecule has 0 saturated carbocycles. The fraction of sp³-hybridized carbons (Fsp3) is 0.735. The van der Waals surface area contributed by atoms with E-state index in [0.717, 1.165) is 51.9 Å². The molecule has 0 aliphatic rings. The van der Waals surface area contributed by atoms with Crippen molar-refractivity contribution < 1.29 is 47.8 Å². The number of rotatable bonds is 31.